The molecule has 124 valence electrons. The molecule has 0 saturated carbocycles. The first-order valence-corrected chi connectivity index (χ1v) is 9.27. The highest BCUT2D eigenvalue weighted by Gasteiger charge is 2.13. The predicted octanol–water partition coefficient (Wildman–Crippen LogP) is 3.69. The van der Waals surface area contributed by atoms with Crippen LogP contribution in [0.3, 0.4) is 0 Å². The Morgan fingerprint density at radius 3 is 2.96 bits per heavy atom. The molecule has 0 bridgehead atoms. The Kier molecular flexibility index (Phi) is 4.93. The van der Waals surface area contributed by atoms with Crippen molar-refractivity contribution in [3.63, 3.8) is 0 Å². The Labute approximate surface area is 151 Å². The molecular formula is C16H14ClN3O2S2. The van der Waals surface area contributed by atoms with Gasteiger partial charge in [-0.3, -0.25) is 14.2 Å². The van der Waals surface area contributed by atoms with Gasteiger partial charge in [-0.05, 0) is 31.2 Å². The van der Waals surface area contributed by atoms with Gasteiger partial charge in [-0.2, -0.15) is 0 Å². The number of carbonyl (C=O) groups excluding carboxylic acids is 1. The third-order valence-corrected chi connectivity index (χ3v) is 5.50. The van der Waals surface area contributed by atoms with Crippen molar-refractivity contribution in [2.24, 2.45) is 7.05 Å². The van der Waals surface area contributed by atoms with E-state index in [9.17, 15) is 9.59 Å². The molecule has 0 aliphatic rings. The zero-order valence-corrected chi connectivity index (χ0v) is 15.4. The molecule has 0 radical (unpaired) electrons. The monoisotopic (exact) mass is 379 g/mol. The van der Waals surface area contributed by atoms with Crippen LogP contribution in [0.15, 0.2) is 40.3 Å². The first-order valence-electron chi connectivity index (χ1n) is 7.09. The summed E-state index contributed by atoms with van der Waals surface area (Å²) in [4.78, 5) is 30.6. The molecule has 1 N–H and O–H groups in total. The summed E-state index contributed by atoms with van der Waals surface area (Å²) in [5.74, 6) is -0.0261. The molecule has 2 aromatic heterocycles. The van der Waals surface area contributed by atoms with Gasteiger partial charge in [-0.25, -0.2) is 4.98 Å². The number of nitrogens with one attached hydrogen (secondary N) is 1. The van der Waals surface area contributed by atoms with Crippen molar-refractivity contribution >= 4 is 56.5 Å². The Balaban J connectivity index is 1.74. The van der Waals surface area contributed by atoms with Gasteiger partial charge in [0.25, 0.3) is 5.56 Å². The molecule has 0 aliphatic heterocycles. The minimum Gasteiger partial charge on any atom is -0.325 e. The van der Waals surface area contributed by atoms with E-state index in [1.54, 1.807) is 31.3 Å². The number of benzene rings is 1. The second-order valence-corrected chi connectivity index (χ2v) is 7.80. The largest absolute Gasteiger partial charge is 0.325 e. The molecule has 0 saturated heterocycles. The van der Waals surface area contributed by atoms with Crippen molar-refractivity contribution in [3.05, 3.63) is 50.6 Å². The zero-order valence-electron chi connectivity index (χ0n) is 13.0. The number of anilines is 1. The van der Waals surface area contributed by atoms with Crippen LogP contribution >= 0.6 is 34.7 Å². The number of nitrogens with zero attached hydrogens (tertiary/aromatic N) is 2. The van der Waals surface area contributed by atoms with E-state index in [1.807, 2.05) is 13.0 Å². The van der Waals surface area contributed by atoms with E-state index >= 15 is 0 Å². The number of aryl methyl sites for hydroxylation is 1. The summed E-state index contributed by atoms with van der Waals surface area (Å²) in [6.45, 7) is 1.94. The summed E-state index contributed by atoms with van der Waals surface area (Å²) in [5, 5.41) is 4.47. The van der Waals surface area contributed by atoms with Crippen LogP contribution < -0.4 is 10.9 Å². The molecule has 0 unspecified atom stereocenters. The Hall–Kier alpha value is -1.83. The lowest BCUT2D eigenvalue weighted by atomic mass is 10.3. The maximum absolute atomic E-state index is 12.3. The molecule has 24 heavy (non-hydrogen) atoms. The highest BCUT2D eigenvalue weighted by molar-refractivity contribution is 7.99. The van der Waals surface area contributed by atoms with Crippen molar-refractivity contribution in [3.8, 4) is 0 Å². The highest BCUT2D eigenvalue weighted by Crippen LogP contribution is 2.24. The zero-order chi connectivity index (χ0) is 17.3. The van der Waals surface area contributed by atoms with E-state index in [4.69, 9.17) is 11.6 Å². The molecule has 0 aliphatic carbocycles. The number of amides is 1. The standard InChI is InChI=1S/C16H14ClN3O2S2/c1-9-6-12-14(24-9)19-16(20(2)15(12)22)23-8-13(21)18-11-5-3-4-10(17)7-11/h3-7H,8H2,1-2H3,(H,18,21). The summed E-state index contributed by atoms with van der Waals surface area (Å²) >= 11 is 8.60. The second-order valence-electron chi connectivity index (χ2n) is 5.18. The van der Waals surface area contributed by atoms with Gasteiger partial charge < -0.3 is 5.32 Å². The summed E-state index contributed by atoms with van der Waals surface area (Å²) in [6, 6.07) is 8.80. The van der Waals surface area contributed by atoms with Crippen LogP contribution in [0.1, 0.15) is 4.88 Å². The maximum atomic E-state index is 12.3. The van der Waals surface area contributed by atoms with Crippen molar-refractivity contribution in [2.75, 3.05) is 11.1 Å². The van der Waals surface area contributed by atoms with Crippen molar-refractivity contribution in [1.29, 1.82) is 0 Å². The van der Waals surface area contributed by atoms with Crippen LogP contribution in [0.2, 0.25) is 5.02 Å². The van der Waals surface area contributed by atoms with Crippen LogP contribution in [0.25, 0.3) is 10.2 Å². The van der Waals surface area contributed by atoms with E-state index in [0.29, 0.717) is 26.1 Å². The molecule has 2 heterocycles. The summed E-state index contributed by atoms with van der Waals surface area (Å²) in [5.41, 5.74) is 0.543. The van der Waals surface area contributed by atoms with Crippen LogP contribution in [0.4, 0.5) is 5.69 Å². The third-order valence-electron chi connectivity index (χ3n) is 3.30. The van der Waals surface area contributed by atoms with Gasteiger partial charge in [0, 0.05) is 22.6 Å². The molecule has 0 fully saturated rings. The first kappa shape index (κ1) is 17.0. The number of fused-ring (bicyclic) bond motifs is 1. The normalized spacial score (nSPS) is 11.0. The van der Waals surface area contributed by atoms with Crippen LogP contribution in [0.5, 0.6) is 0 Å². The molecule has 5 nitrogen and oxygen atoms in total. The average molecular weight is 380 g/mol. The molecule has 0 spiro atoms. The number of thioether (sulfide) groups is 1. The topological polar surface area (TPSA) is 64.0 Å². The fourth-order valence-corrected chi connectivity index (χ4v) is 4.07. The van der Waals surface area contributed by atoms with Crippen LogP contribution in [-0.2, 0) is 11.8 Å². The Morgan fingerprint density at radius 1 is 1.42 bits per heavy atom. The number of thiophene rings is 1. The minimum atomic E-state index is -0.182. The lowest BCUT2D eigenvalue weighted by Crippen LogP contribution is -2.20. The average Bonchev–Trinajstić information content (AvgIpc) is 2.90. The SMILES string of the molecule is Cc1cc2c(=O)n(C)c(SCC(=O)Nc3cccc(Cl)c3)nc2s1. The molecule has 1 aromatic carbocycles. The lowest BCUT2D eigenvalue weighted by Gasteiger charge is -2.08. The summed E-state index contributed by atoms with van der Waals surface area (Å²) in [7, 11) is 1.67. The second kappa shape index (κ2) is 6.96. The van der Waals surface area contributed by atoms with Gasteiger partial charge in [0.2, 0.25) is 5.91 Å². The molecule has 0 atom stereocenters. The molecular weight excluding hydrogens is 366 g/mol. The van der Waals surface area contributed by atoms with Crippen LogP contribution in [-0.4, -0.2) is 21.2 Å². The number of carbonyl (C=O) groups is 1. The smallest absolute Gasteiger partial charge is 0.262 e. The molecule has 3 rings (SSSR count). The lowest BCUT2D eigenvalue weighted by molar-refractivity contribution is -0.113. The predicted molar refractivity (Wildman–Crippen MR) is 100 cm³/mol. The number of hydrogen-bond acceptors (Lipinski definition) is 5. The highest BCUT2D eigenvalue weighted by atomic mass is 35.5. The third kappa shape index (κ3) is 3.63. The minimum absolute atomic E-state index is 0.0953. The first-order chi connectivity index (χ1) is 11.4. The molecule has 8 heteroatoms. The fraction of sp³-hybridized carbons (Fsp3) is 0.188. The van der Waals surface area contributed by atoms with Gasteiger partial charge in [-0.15, -0.1) is 11.3 Å². The summed E-state index contributed by atoms with van der Waals surface area (Å²) < 4.78 is 1.48. The van der Waals surface area contributed by atoms with Gasteiger partial charge in [0.15, 0.2) is 5.16 Å². The van der Waals surface area contributed by atoms with Gasteiger partial charge in [-0.1, -0.05) is 29.4 Å². The number of hydrogen-bond donors (Lipinski definition) is 1. The number of halogens is 1. The fourth-order valence-electron chi connectivity index (χ4n) is 2.19. The Bertz CT molecular complexity index is 981. The van der Waals surface area contributed by atoms with Crippen molar-refractivity contribution in [2.45, 2.75) is 12.1 Å². The van der Waals surface area contributed by atoms with E-state index in [1.165, 1.54) is 27.7 Å². The van der Waals surface area contributed by atoms with Gasteiger partial charge in [0.05, 0.1) is 11.1 Å². The maximum Gasteiger partial charge on any atom is 0.262 e. The van der Waals surface area contributed by atoms with Crippen molar-refractivity contribution in [1.82, 2.24) is 9.55 Å². The van der Waals surface area contributed by atoms with Crippen molar-refractivity contribution < 1.29 is 4.79 Å². The Morgan fingerprint density at radius 2 is 2.21 bits per heavy atom. The summed E-state index contributed by atoms with van der Waals surface area (Å²) in [6.07, 6.45) is 0. The van der Waals surface area contributed by atoms with E-state index in [2.05, 4.69) is 10.3 Å². The number of rotatable bonds is 4. The van der Waals surface area contributed by atoms with Crippen LogP contribution in [0, 0.1) is 6.92 Å². The van der Waals surface area contributed by atoms with Gasteiger partial charge in [0.1, 0.15) is 4.83 Å². The van der Waals surface area contributed by atoms with E-state index < -0.39 is 0 Å². The van der Waals surface area contributed by atoms with Gasteiger partial charge >= 0.3 is 0 Å². The number of aromatic nitrogens is 2. The van der Waals surface area contributed by atoms with E-state index in [0.717, 1.165) is 4.88 Å². The quantitative estimate of drug-likeness (QED) is 0.554. The molecule has 1 amide bonds. The van der Waals surface area contributed by atoms with E-state index in [-0.39, 0.29) is 17.2 Å². The molecule has 3 aromatic rings.